The van der Waals surface area contributed by atoms with Gasteiger partial charge in [-0.05, 0) is 22.0 Å². The van der Waals surface area contributed by atoms with Crippen molar-refractivity contribution in [3.05, 3.63) is 22.4 Å². The van der Waals surface area contributed by atoms with Gasteiger partial charge in [-0.1, -0.05) is 0 Å². The van der Waals surface area contributed by atoms with Gasteiger partial charge in [-0.2, -0.15) is 0 Å². The predicted octanol–water partition coefficient (Wildman–Crippen LogP) is 0.671. The molecule has 0 aliphatic carbocycles. The fraction of sp³-hybridized carbons (Fsp3) is 0.286. The molecular weight excluding hydrogens is 228 g/mol. The van der Waals surface area contributed by atoms with E-state index in [1.165, 1.54) is 13.2 Å². The quantitative estimate of drug-likeness (QED) is 0.678. The molecule has 0 aromatic rings. The molecule has 1 aliphatic rings. The van der Waals surface area contributed by atoms with Crippen LogP contribution in [0.2, 0.25) is 0 Å². The Bertz CT molecular complexity index is 256. The Labute approximate surface area is 77.6 Å². The van der Waals surface area contributed by atoms with Gasteiger partial charge < -0.3 is 14.6 Å². The lowest BCUT2D eigenvalue weighted by Crippen LogP contribution is -2.15. The van der Waals surface area contributed by atoms with Crippen molar-refractivity contribution in [2.45, 2.75) is 6.29 Å². The first-order chi connectivity index (χ1) is 5.65. The molecule has 0 radical (unpaired) electrons. The highest BCUT2D eigenvalue weighted by atomic mass is 79.9. The highest BCUT2D eigenvalue weighted by Gasteiger charge is 2.18. The van der Waals surface area contributed by atoms with E-state index in [4.69, 9.17) is 9.84 Å². The fourth-order valence-electron chi connectivity index (χ4n) is 0.682. The molecule has 66 valence electrons. The summed E-state index contributed by atoms with van der Waals surface area (Å²) in [5, 5.41) is 9.02. The van der Waals surface area contributed by atoms with Crippen LogP contribution in [0.3, 0.4) is 0 Å². The Morgan fingerprint density at radius 3 is 3.00 bits per heavy atom. The summed E-state index contributed by atoms with van der Waals surface area (Å²) in [6, 6.07) is 0. The second-order valence-electron chi connectivity index (χ2n) is 2.08. The molecule has 0 fully saturated rings. The van der Waals surface area contributed by atoms with Crippen molar-refractivity contribution in [1.82, 2.24) is 0 Å². The number of hydrogen-bond donors (Lipinski definition) is 1. The van der Waals surface area contributed by atoms with E-state index in [2.05, 4.69) is 20.7 Å². The summed E-state index contributed by atoms with van der Waals surface area (Å²) in [6.45, 7) is 0. The third kappa shape index (κ3) is 1.86. The van der Waals surface area contributed by atoms with Crippen molar-refractivity contribution in [2.75, 3.05) is 7.11 Å². The molecule has 0 amide bonds. The first-order valence-corrected chi connectivity index (χ1v) is 3.93. The van der Waals surface area contributed by atoms with E-state index >= 15 is 0 Å². The van der Waals surface area contributed by atoms with Gasteiger partial charge >= 0.3 is 5.97 Å². The Morgan fingerprint density at radius 2 is 2.50 bits per heavy atom. The number of carbonyl (C=O) groups excluding carboxylic acids is 1. The Balaban J connectivity index is 2.78. The summed E-state index contributed by atoms with van der Waals surface area (Å²) in [5.74, 6) is -0.501. The van der Waals surface area contributed by atoms with Crippen LogP contribution in [-0.4, -0.2) is 24.5 Å². The van der Waals surface area contributed by atoms with Crippen LogP contribution in [0.4, 0.5) is 0 Å². The molecule has 0 aromatic heterocycles. The van der Waals surface area contributed by atoms with Crippen LogP contribution < -0.4 is 0 Å². The molecular formula is C7H7BrO4. The third-order valence-electron chi connectivity index (χ3n) is 1.27. The summed E-state index contributed by atoms with van der Waals surface area (Å²) in [7, 11) is 1.27. The van der Waals surface area contributed by atoms with Gasteiger partial charge in [0, 0.05) is 0 Å². The maximum Gasteiger partial charge on any atom is 0.341 e. The van der Waals surface area contributed by atoms with Crippen LogP contribution in [-0.2, 0) is 14.3 Å². The average molecular weight is 235 g/mol. The normalized spacial score (nSPS) is 22.1. The summed E-state index contributed by atoms with van der Waals surface area (Å²) in [6.07, 6.45) is 1.57. The summed E-state index contributed by atoms with van der Waals surface area (Å²) in [5.41, 5.74) is 0.259. The molecule has 12 heavy (non-hydrogen) atoms. The molecule has 0 spiro atoms. The van der Waals surface area contributed by atoms with Crippen molar-refractivity contribution in [3.8, 4) is 0 Å². The van der Waals surface area contributed by atoms with Crippen molar-refractivity contribution in [1.29, 1.82) is 0 Å². The fourth-order valence-corrected chi connectivity index (χ4v) is 1.04. The molecule has 1 heterocycles. The van der Waals surface area contributed by atoms with Crippen LogP contribution >= 0.6 is 15.9 Å². The van der Waals surface area contributed by atoms with Crippen LogP contribution in [0.25, 0.3) is 0 Å². The number of hydrogen-bond acceptors (Lipinski definition) is 4. The van der Waals surface area contributed by atoms with Gasteiger partial charge in [-0.25, -0.2) is 4.79 Å². The third-order valence-corrected chi connectivity index (χ3v) is 1.89. The highest BCUT2D eigenvalue weighted by Crippen LogP contribution is 2.20. The summed E-state index contributed by atoms with van der Waals surface area (Å²) in [4.78, 5) is 10.9. The van der Waals surface area contributed by atoms with Crippen LogP contribution in [0.1, 0.15) is 0 Å². The number of esters is 1. The largest absolute Gasteiger partial charge is 0.467 e. The van der Waals surface area contributed by atoms with Crippen molar-refractivity contribution >= 4 is 21.9 Å². The van der Waals surface area contributed by atoms with Crippen LogP contribution in [0.5, 0.6) is 0 Å². The van der Waals surface area contributed by atoms with E-state index in [0.29, 0.717) is 4.48 Å². The lowest BCUT2D eigenvalue weighted by atomic mass is 10.2. The topological polar surface area (TPSA) is 55.8 Å². The number of aliphatic hydroxyl groups is 1. The van der Waals surface area contributed by atoms with Gasteiger partial charge in [0.05, 0.1) is 17.2 Å². The molecule has 0 saturated carbocycles. The molecule has 1 unspecified atom stereocenters. The molecule has 4 nitrogen and oxygen atoms in total. The van der Waals surface area contributed by atoms with Crippen LogP contribution in [0, 0.1) is 0 Å². The van der Waals surface area contributed by atoms with Crippen molar-refractivity contribution < 1.29 is 19.4 Å². The lowest BCUT2D eigenvalue weighted by molar-refractivity contribution is -0.136. The van der Waals surface area contributed by atoms with Crippen molar-refractivity contribution in [3.63, 3.8) is 0 Å². The van der Waals surface area contributed by atoms with Gasteiger partial charge in [0.2, 0.25) is 6.29 Å². The van der Waals surface area contributed by atoms with Gasteiger partial charge in [-0.15, -0.1) is 0 Å². The lowest BCUT2D eigenvalue weighted by Gasteiger charge is -2.14. The first kappa shape index (κ1) is 9.28. The maximum atomic E-state index is 10.9. The maximum absolute atomic E-state index is 10.9. The number of methoxy groups -OCH3 is 1. The average Bonchev–Trinajstić information content (AvgIpc) is 2.08. The number of carbonyl (C=O) groups is 1. The first-order valence-electron chi connectivity index (χ1n) is 3.14. The van der Waals surface area contributed by atoms with E-state index in [0.717, 1.165) is 6.26 Å². The second kappa shape index (κ2) is 3.73. The Kier molecular flexibility index (Phi) is 2.88. The van der Waals surface area contributed by atoms with Gasteiger partial charge in [-0.3, -0.25) is 0 Å². The molecule has 1 rings (SSSR count). The van der Waals surface area contributed by atoms with Crippen molar-refractivity contribution in [2.24, 2.45) is 0 Å². The van der Waals surface area contributed by atoms with E-state index in [1.54, 1.807) is 0 Å². The molecule has 0 aromatic carbocycles. The van der Waals surface area contributed by atoms with E-state index < -0.39 is 12.3 Å². The van der Waals surface area contributed by atoms with E-state index in [1.807, 2.05) is 0 Å². The second-order valence-corrected chi connectivity index (χ2v) is 3.00. The Morgan fingerprint density at radius 1 is 1.83 bits per heavy atom. The monoisotopic (exact) mass is 234 g/mol. The number of ether oxygens (including phenoxy) is 2. The minimum absolute atomic E-state index is 0.259. The molecule has 1 N–H and O–H groups in total. The predicted molar refractivity (Wildman–Crippen MR) is 44.2 cm³/mol. The number of rotatable bonds is 1. The zero-order valence-electron chi connectivity index (χ0n) is 6.28. The summed E-state index contributed by atoms with van der Waals surface area (Å²) >= 11 is 3.03. The molecule has 0 saturated heterocycles. The van der Waals surface area contributed by atoms with Crippen LogP contribution in [0.15, 0.2) is 22.4 Å². The molecule has 0 bridgehead atoms. The highest BCUT2D eigenvalue weighted by molar-refractivity contribution is 9.11. The smallest absolute Gasteiger partial charge is 0.341 e. The zero-order valence-corrected chi connectivity index (χ0v) is 7.87. The minimum Gasteiger partial charge on any atom is -0.467 e. The van der Waals surface area contributed by atoms with Gasteiger partial charge in [0.1, 0.15) is 6.26 Å². The number of aliphatic hydroxyl groups excluding tert-OH is 1. The van der Waals surface area contributed by atoms with Gasteiger partial charge in [0.15, 0.2) is 0 Å². The summed E-state index contributed by atoms with van der Waals surface area (Å²) < 4.78 is 9.54. The molecule has 1 atom stereocenters. The molecule has 5 heteroatoms. The minimum atomic E-state index is -1.03. The number of halogens is 1. The van der Waals surface area contributed by atoms with Gasteiger partial charge in [0.25, 0.3) is 0 Å². The zero-order chi connectivity index (χ0) is 9.14. The van der Waals surface area contributed by atoms with E-state index in [-0.39, 0.29) is 5.57 Å². The van der Waals surface area contributed by atoms with E-state index in [9.17, 15) is 4.79 Å². The standard InChI is InChI=1S/C7H7BrO4/c1-11-6(9)4-2-5(8)7(10)12-3-4/h2-3,7,10H,1H3. The Hall–Kier alpha value is -0.810. The SMILES string of the molecule is COC(=O)C1=COC(O)C(Br)=C1. The molecule has 1 aliphatic heterocycles.